The number of rotatable bonds is 13. The van der Waals surface area contributed by atoms with Gasteiger partial charge < -0.3 is 0 Å². The van der Waals surface area contributed by atoms with Gasteiger partial charge in [-0.15, -0.1) is 0 Å². The maximum atomic E-state index is 2.66. The van der Waals surface area contributed by atoms with Gasteiger partial charge in [-0.25, -0.2) is 0 Å². The van der Waals surface area contributed by atoms with E-state index < -0.39 is 21.4 Å². The van der Waals surface area contributed by atoms with Crippen molar-refractivity contribution in [1.29, 1.82) is 0 Å². The van der Waals surface area contributed by atoms with Crippen LogP contribution in [0.3, 0.4) is 0 Å². The van der Waals surface area contributed by atoms with E-state index in [1.165, 1.54) is 45.4 Å². The molecule has 0 N–H and O–H groups in total. The molecule has 0 spiro atoms. The van der Waals surface area contributed by atoms with Crippen molar-refractivity contribution in [3.63, 3.8) is 0 Å². The van der Waals surface area contributed by atoms with Crippen molar-refractivity contribution in [2.24, 2.45) is 0 Å². The van der Waals surface area contributed by atoms with Gasteiger partial charge in [-0.1, -0.05) is 0 Å². The van der Waals surface area contributed by atoms with Crippen LogP contribution >= 0.6 is 0 Å². The van der Waals surface area contributed by atoms with Gasteiger partial charge in [0.25, 0.3) is 0 Å². The molecule has 0 aliphatic carbocycles. The zero-order chi connectivity index (χ0) is 16.3. The molecule has 126 valence electrons. The quantitative estimate of drug-likeness (QED) is 0.441. The molecule has 0 heterocycles. The van der Waals surface area contributed by atoms with Crippen LogP contribution in [0.5, 0.6) is 0 Å². The second-order valence-electron chi connectivity index (χ2n) is 7.24. The van der Waals surface area contributed by atoms with Crippen molar-refractivity contribution in [1.82, 2.24) is 9.80 Å². The molecular formula is C18H41InN2. The first kappa shape index (κ1) is 21.8. The molecule has 0 atom stereocenters. The maximum absolute atomic E-state index is 2.66. The first-order valence-electron chi connectivity index (χ1n) is 9.40. The summed E-state index contributed by atoms with van der Waals surface area (Å²) in [6.07, 6.45) is 4.20. The molecule has 0 aliphatic heterocycles. The minimum atomic E-state index is -1.16. The van der Waals surface area contributed by atoms with Crippen LogP contribution in [0.1, 0.15) is 60.8 Å². The summed E-state index contributed by atoms with van der Waals surface area (Å²) in [5, 5.41) is 0. The first-order chi connectivity index (χ1) is 9.92. The van der Waals surface area contributed by atoms with Gasteiger partial charge in [-0.05, 0) is 0 Å². The third-order valence-electron chi connectivity index (χ3n) is 4.66. The second-order valence-corrected chi connectivity index (χ2v) is 16.8. The molecule has 3 heteroatoms. The fraction of sp³-hybridized carbons (Fsp3) is 1.00. The normalized spacial score (nSPS) is 12.1. The molecule has 0 saturated carbocycles. The Morgan fingerprint density at radius 3 is 1.62 bits per heavy atom. The van der Waals surface area contributed by atoms with Gasteiger partial charge in [0.1, 0.15) is 0 Å². The Balaban J connectivity index is 3.77. The van der Waals surface area contributed by atoms with Crippen LogP contribution in [-0.2, 0) is 0 Å². The van der Waals surface area contributed by atoms with E-state index in [4.69, 9.17) is 0 Å². The van der Waals surface area contributed by atoms with Gasteiger partial charge in [0.05, 0.1) is 0 Å². The minimum absolute atomic E-state index is 0.717. The monoisotopic (exact) mass is 400 g/mol. The van der Waals surface area contributed by atoms with E-state index in [1.807, 2.05) is 0 Å². The van der Waals surface area contributed by atoms with Crippen molar-refractivity contribution in [3.8, 4) is 0 Å². The van der Waals surface area contributed by atoms with E-state index in [2.05, 4.69) is 56.0 Å². The zero-order valence-electron chi connectivity index (χ0n) is 16.0. The molecule has 0 aromatic carbocycles. The standard InChI is InChI=1S/C9H20N.C8H18N.CH3.In/c1-5-7-10(8-6-2)9(3)4;1-5-7-9(6-2)8(3)4;;/h9H,1,5-8H2,2-4H3;8H,1,5-7H2,2-4H3;1H3;. The van der Waals surface area contributed by atoms with Crippen molar-refractivity contribution < 1.29 is 0 Å². The van der Waals surface area contributed by atoms with Gasteiger partial charge in [0, 0.05) is 0 Å². The third-order valence-corrected chi connectivity index (χ3v) is 12.6. The molecule has 0 saturated heterocycles. The van der Waals surface area contributed by atoms with Crippen molar-refractivity contribution >= 4 is 21.4 Å². The third kappa shape index (κ3) is 11.0. The Hall–Kier alpha value is 0.790. The number of hydrogen-bond acceptors (Lipinski definition) is 2. The van der Waals surface area contributed by atoms with E-state index >= 15 is 0 Å². The average Bonchev–Trinajstić information content (AvgIpc) is 2.42. The summed E-state index contributed by atoms with van der Waals surface area (Å²) in [4.78, 5) is 5.27. The van der Waals surface area contributed by atoms with Gasteiger partial charge in [0.2, 0.25) is 0 Å². The Kier molecular flexibility index (Phi) is 13.7. The predicted octanol–water partition coefficient (Wildman–Crippen LogP) is 4.74. The van der Waals surface area contributed by atoms with Crippen LogP contribution in [0, 0.1) is 0 Å². The Morgan fingerprint density at radius 2 is 1.24 bits per heavy atom. The van der Waals surface area contributed by atoms with Gasteiger partial charge in [-0.3, -0.25) is 0 Å². The summed E-state index contributed by atoms with van der Waals surface area (Å²) in [6, 6.07) is 1.44. The van der Waals surface area contributed by atoms with E-state index in [1.54, 1.807) is 8.35 Å². The van der Waals surface area contributed by atoms with Crippen LogP contribution in [0.15, 0.2) is 0 Å². The van der Waals surface area contributed by atoms with Crippen LogP contribution in [0.25, 0.3) is 0 Å². The van der Waals surface area contributed by atoms with Gasteiger partial charge in [0.15, 0.2) is 0 Å². The fourth-order valence-corrected chi connectivity index (χ4v) is 8.97. The van der Waals surface area contributed by atoms with E-state index in [9.17, 15) is 0 Å². The van der Waals surface area contributed by atoms with Crippen LogP contribution < -0.4 is 0 Å². The molecule has 0 fully saturated rings. The molecule has 2 nitrogen and oxygen atoms in total. The van der Waals surface area contributed by atoms with Crippen LogP contribution in [-0.4, -0.2) is 69.5 Å². The Morgan fingerprint density at radius 1 is 0.762 bits per heavy atom. The summed E-state index contributed by atoms with van der Waals surface area (Å²) in [5.41, 5.74) is 0. The summed E-state index contributed by atoms with van der Waals surface area (Å²) in [5.74, 6) is 0. The topological polar surface area (TPSA) is 6.48 Å². The summed E-state index contributed by atoms with van der Waals surface area (Å²) in [7, 11) is 0. The molecular weight excluding hydrogens is 359 g/mol. The second kappa shape index (κ2) is 13.2. The van der Waals surface area contributed by atoms with E-state index in [-0.39, 0.29) is 0 Å². The summed E-state index contributed by atoms with van der Waals surface area (Å²) >= 11 is -1.16. The van der Waals surface area contributed by atoms with Crippen molar-refractivity contribution in [3.05, 3.63) is 0 Å². The van der Waals surface area contributed by atoms with Crippen LogP contribution in [0.4, 0.5) is 0 Å². The first-order valence-corrected chi connectivity index (χ1v) is 17.4. The molecule has 0 bridgehead atoms. The van der Waals surface area contributed by atoms with Crippen LogP contribution in [0.2, 0.25) is 13.0 Å². The fourth-order valence-electron chi connectivity index (χ4n) is 3.13. The predicted molar refractivity (Wildman–Crippen MR) is 99.8 cm³/mol. The molecule has 0 aromatic rings. The molecule has 0 rings (SSSR count). The molecule has 0 unspecified atom stereocenters. The Labute approximate surface area is 143 Å². The number of hydrogen-bond donors (Lipinski definition) is 0. The molecule has 0 radical (unpaired) electrons. The van der Waals surface area contributed by atoms with Crippen molar-refractivity contribution in [2.75, 3.05) is 26.2 Å². The molecule has 0 aromatic heterocycles. The summed E-state index contributed by atoms with van der Waals surface area (Å²) in [6.45, 7) is 19.1. The van der Waals surface area contributed by atoms with E-state index in [0.29, 0.717) is 6.04 Å². The van der Waals surface area contributed by atoms with Crippen molar-refractivity contribution in [2.45, 2.75) is 85.9 Å². The van der Waals surface area contributed by atoms with E-state index in [0.717, 1.165) is 6.04 Å². The zero-order valence-corrected chi connectivity index (χ0v) is 19.3. The molecule has 0 amide bonds. The number of nitrogens with zero attached hydrogens (tertiary/aromatic N) is 2. The molecule has 0 aliphatic rings. The SMILES string of the molecule is CCCN(CC[CH2][In]([CH3])[CH2]CCN(CC)C(C)C)C(C)C. The Bertz CT molecular complexity index is 231. The van der Waals surface area contributed by atoms with Gasteiger partial charge >= 0.3 is 143 Å². The molecule has 21 heavy (non-hydrogen) atoms. The summed E-state index contributed by atoms with van der Waals surface area (Å²) < 4.78 is 5.84. The average molecular weight is 400 g/mol. The van der Waals surface area contributed by atoms with Gasteiger partial charge in [-0.2, -0.15) is 0 Å².